The predicted octanol–water partition coefficient (Wildman–Crippen LogP) is 3.85. The summed E-state index contributed by atoms with van der Waals surface area (Å²) in [6.07, 6.45) is 1.38. The fourth-order valence-corrected chi connectivity index (χ4v) is 3.78. The minimum Gasteiger partial charge on any atom is -0.491 e. The summed E-state index contributed by atoms with van der Waals surface area (Å²) in [7, 11) is 0. The summed E-state index contributed by atoms with van der Waals surface area (Å²) < 4.78 is 6.82. The summed E-state index contributed by atoms with van der Waals surface area (Å²) in [4.78, 5) is 11.2. The van der Waals surface area contributed by atoms with Gasteiger partial charge in [-0.1, -0.05) is 41.1 Å². The molecule has 3 rings (SSSR count). The second kappa shape index (κ2) is 11.6. The molecule has 33 heavy (non-hydrogen) atoms. The summed E-state index contributed by atoms with van der Waals surface area (Å²) >= 11 is 3.47. The van der Waals surface area contributed by atoms with Crippen LogP contribution in [-0.4, -0.2) is 48.1 Å². The van der Waals surface area contributed by atoms with E-state index in [4.69, 9.17) is 4.74 Å². The van der Waals surface area contributed by atoms with Crippen molar-refractivity contribution in [3.8, 4) is 5.75 Å². The molecule has 0 bridgehead atoms. The van der Waals surface area contributed by atoms with Crippen LogP contribution < -0.4 is 20.8 Å². The number of nitrogens with zero attached hydrogens (tertiary/aromatic N) is 1. The van der Waals surface area contributed by atoms with Gasteiger partial charge >= 0.3 is 0 Å². The molecule has 1 unspecified atom stereocenters. The van der Waals surface area contributed by atoms with Gasteiger partial charge in [-0.3, -0.25) is 4.79 Å². The molecule has 178 valence electrons. The molecular formula is C25H33BrN4O3. The maximum Gasteiger partial charge on any atom is 0.240 e. The number of aliphatic hydroxyl groups excluding tert-OH is 1. The third-order valence-corrected chi connectivity index (χ3v) is 6.01. The van der Waals surface area contributed by atoms with E-state index in [-0.39, 0.29) is 18.1 Å². The standard InChI is InChI=1S/C25H33BrN4O3/c1-4-17-5-8-19(26)13-23(17)33-15-21(31)14-28-25(2,3)16-27-20-9-6-18(7-10-20)22-11-12-24(32)30-29-22/h5-10,13,21,27-28,31H,4,11-12,14-16H2,1-3H3,(H,30,32). The number of benzene rings is 2. The number of amides is 1. The van der Waals surface area contributed by atoms with Crippen LogP contribution in [0.4, 0.5) is 5.69 Å². The molecule has 0 radical (unpaired) electrons. The Kier molecular flexibility index (Phi) is 8.88. The van der Waals surface area contributed by atoms with Gasteiger partial charge in [-0.25, -0.2) is 5.43 Å². The van der Waals surface area contributed by atoms with Gasteiger partial charge in [0.05, 0.1) is 5.71 Å². The second-order valence-corrected chi connectivity index (χ2v) is 9.78. The fraction of sp³-hybridized carbons (Fsp3) is 0.440. The normalized spacial score (nSPS) is 14.9. The van der Waals surface area contributed by atoms with Gasteiger partial charge in [-0.15, -0.1) is 0 Å². The molecule has 1 atom stereocenters. The molecule has 0 aromatic heterocycles. The van der Waals surface area contributed by atoms with E-state index in [0.29, 0.717) is 25.9 Å². The predicted molar refractivity (Wildman–Crippen MR) is 136 cm³/mol. The number of halogens is 1. The number of rotatable bonds is 11. The Morgan fingerprint density at radius 1 is 1.21 bits per heavy atom. The van der Waals surface area contributed by atoms with Crippen LogP contribution in [0.5, 0.6) is 5.75 Å². The number of ether oxygens (including phenoxy) is 1. The number of β-amino-alcohol motifs (C(OH)–C–C–N with tert-alkyl or cyclic N) is 1. The lowest BCUT2D eigenvalue weighted by molar-refractivity contribution is -0.121. The monoisotopic (exact) mass is 516 g/mol. The third-order valence-electron chi connectivity index (χ3n) is 5.51. The topological polar surface area (TPSA) is 95.0 Å². The van der Waals surface area contributed by atoms with Gasteiger partial charge in [0.15, 0.2) is 0 Å². The van der Waals surface area contributed by atoms with Crippen LogP contribution in [0.1, 0.15) is 44.7 Å². The summed E-state index contributed by atoms with van der Waals surface area (Å²) in [6, 6.07) is 14.0. The van der Waals surface area contributed by atoms with E-state index in [9.17, 15) is 9.90 Å². The number of hydrogen-bond donors (Lipinski definition) is 4. The average Bonchev–Trinajstić information content (AvgIpc) is 2.81. The number of carbonyl (C=O) groups is 1. The van der Waals surface area contributed by atoms with Crippen molar-refractivity contribution in [1.29, 1.82) is 0 Å². The molecule has 0 spiro atoms. The Morgan fingerprint density at radius 2 is 1.97 bits per heavy atom. The highest BCUT2D eigenvalue weighted by atomic mass is 79.9. The van der Waals surface area contributed by atoms with Crippen LogP contribution in [0, 0.1) is 0 Å². The molecule has 1 heterocycles. The number of aliphatic hydroxyl groups is 1. The highest BCUT2D eigenvalue weighted by Gasteiger charge is 2.19. The molecule has 8 heteroatoms. The number of aryl methyl sites for hydroxylation is 1. The van der Waals surface area contributed by atoms with Gasteiger partial charge in [0, 0.05) is 41.6 Å². The lowest BCUT2D eigenvalue weighted by Crippen LogP contribution is -2.49. The van der Waals surface area contributed by atoms with Crippen molar-refractivity contribution in [3.63, 3.8) is 0 Å². The zero-order valence-corrected chi connectivity index (χ0v) is 21.0. The van der Waals surface area contributed by atoms with Gasteiger partial charge in [0.1, 0.15) is 18.5 Å². The Labute approximate surface area is 204 Å². The quantitative estimate of drug-likeness (QED) is 0.364. The van der Waals surface area contributed by atoms with Gasteiger partial charge in [-0.05, 0) is 55.7 Å². The maximum absolute atomic E-state index is 11.2. The van der Waals surface area contributed by atoms with E-state index >= 15 is 0 Å². The zero-order chi connectivity index (χ0) is 23.8. The summed E-state index contributed by atoms with van der Waals surface area (Å²) in [5.41, 5.74) is 6.33. The molecule has 0 saturated heterocycles. The highest BCUT2D eigenvalue weighted by Crippen LogP contribution is 2.24. The van der Waals surface area contributed by atoms with E-state index in [1.807, 2.05) is 42.5 Å². The molecule has 0 aliphatic carbocycles. The lowest BCUT2D eigenvalue weighted by atomic mass is 10.0. The molecule has 1 aliphatic rings. The van der Waals surface area contributed by atoms with E-state index < -0.39 is 6.10 Å². The Morgan fingerprint density at radius 3 is 2.64 bits per heavy atom. The highest BCUT2D eigenvalue weighted by molar-refractivity contribution is 9.10. The van der Waals surface area contributed by atoms with Crippen molar-refractivity contribution in [2.75, 3.05) is 25.0 Å². The lowest BCUT2D eigenvalue weighted by Gasteiger charge is -2.28. The van der Waals surface area contributed by atoms with Crippen LogP contribution in [0.2, 0.25) is 0 Å². The van der Waals surface area contributed by atoms with Crippen molar-refractivity contribution in [2.24, 2.45) is 5.10 Å². The van der Waals surface area contributed by atoms with Crippen molar-refractivity contribution in [2.45, 2.75) is 51.7 Å². The first-order valence-electron chi connectivity index (χ1n) is 11.3. The maximum atomic E-state index is 11.2. The van der Waals surface area contributed by atoms with Crippen LogP contribution in [0.25, 0.3) is 0 Å². The Hall–Kier alpha value is -2.42. The first-order chi connectivity index (χ1) is 15.8. The third kappa shape index (κ3) is 7.84. The largest absolute Gasteiger partial charge is 0.491 e. The molecule has 7 nitrogen and oxygen atoms in total. The van der Waals surface area contributed by atoms with Crippen LogP contribution in [0.15, 0.2) is 52.0 Å². The number of nitrogens with one attached hydrogen (secondary N) is 3. The van der Waals surface area contributed by atoms with Crippen molar-refractivity contribution < 1.29 is 14.6 Å². The molecule has 0 fully saturated rings. The van der Waals surface area contributed by atoms with Crippen LogP contribution in [-0.2, 0) is 11.2 Å². The SMILES string of the molecule is CCc1ccc(Br)cc1OCC(O)CNC(C)(C)CNc1ccc(C2=NNC(=O)CC2)cc1. The number of carbonyl (C=O) groups excluding carboxylic acids is 1. The average molecular weight is 517 g/mol. The Bertz CT molecular complexity index is 976. The molecule has 1 amide bonds. The van der Waals surface area contributed by atoms with Crippen molar-refractivity contribution >= 4 is 33.2 Å². The smallest absolute Gasteiger partial charge is 0.240 e. The van der Waals surface area contributed by atoms with E-state index in [2.05, 4.69) is 57.9 Å². The van der Waals surface area contributed by atoms with Gasteiger partial charge in [0.25, 0.3) is 0 Å². The number of hydrogen-bond acceptors (Lipinski definition) is 6. The summed E-state index contributed by atoms with van der Waals surface area (Å²) in [5, 5.41) is 21.4. The minimum atomic E-state index is -0.621. The number of hydrazone groups is 1. The van der Waals surface area contributed by atoms with Crippen molar-refractivity contribution in [3.05, 3.63) is 58.1 Å². The Balaban J connectivity index is 1.43. The minimum absolute atomic E-state index is 0.0395. The first-order valence-corrected chi connectivity index (χ1v) is 12.1. The van der Waals surface area contributed by atoms with Gasteiger partial charge < -0.3 is 20.5 Å². The molecule has 4 N–H and O–H groups in total. The van der Waals surface area contributed by atoms with E-state index in [1.54, 1.807) is 0 Å². The summed E-state index contributed by atoms with van der Waals surface area (Å²) in [6.45, 7) is 7.60. The van der Waals surface area contributed by atoms with Crippen LogP contribution in [0.3, 0.4) is 0 Å². The molecule has 2 aromatic rings. The second-order valence-electron chi connectivity index (χ2n) is 8.86. The van der Waals surface area contributed by atoms with E-state index in [1.165, 1.54) is 0 Å². The molecule has 2 aromatic carbocycles. The number of anilines is 1. The zero-order valence-electron chi connectivity index (χ0n) is 19.5. The van der Waals surface area contributed by atoms with Crippen LogP contribution >= 0.6 is 15.9 Å². The van der Waals surface area contributed by atoms with Gasteiger partial charge in [-0.2, -0.15) is 5.10 Å². The van der Waals surface area contributed by atoms with Gasteiger partial charge in [0.2, 0.25) is 5.91 Å². The van der Waals surface area contributed by atoms with E-state index in [0.717, 1.165) is 39.2 Å². The fourth-order valence-electron chi connectivity index (χ4n) is 3.44. The molecule has 1 aliphatic heterocycles. The van der Waals surface area contributed by atoms with Crippen molar-refractivity contribution in [1.82, 2.24) is 10.7 Å². The molecular weight excluding hydrogens is 484 g/mol. The molecule has 0 saturated carbocycles. The summed E-state index contributed by atoms with van der Waals surface area (Å²) in [5.74, 6) is 0.763. The first kappa shape index (κ1) is 25.2.